The summed E-state index contributed by atoms with van der Waals surface area (Å²) in [6.45, 7) is 5.20. The second-order valence-corrected chi connectivity index (χ2v) is 5.90. The molecule has 0 saturated heterocycles. The van der Waals surface area contributed by atoms with E-state index in [0.29, 0.717) is 6.54 Å². The lowest BCUT2D eigenvalue weighted by atomic mass is 9.91. The van der Waals surface area contributed by atoms with E-state index in [1.807, 2.05) is 32.0 Å². The number of rotatable bonds is 4. The van der Waals surface area contributed by atoms with Crippen molar-refractivity contribution >= 4 is 22.5 Å². The molecular weight excluding hydrogens is 258 g/mol. The van der Waals surface area contributed by atoms with Gasteiger partial charge in [-0.1, -0.05) is 17.7 Å². The molecule has 0 bridgehead atoms. The van der Waals surface area contributed by atoms with E-state index < -0.39 is 0 Å². The molecule has 0 aliphatic carbocycles. The lowest BCUT2D eigenvalue weighted by molar-refractivity contribution is 0.417. The number of aromatic nitrogens is 1. The van der Waals surface area contributed by atoms with Gasteiger partial charge in [-0.15, -0.1) is 0 Å². The van der Waals surface area contributed by atoms with Gasteiger partial charge in [-0.3, -0.25) is 0 Å². The number of hydrogen-bond donors (Lipinski definition) is 1. The Bertz CT molecular complexity index is 635. The SMILES string of the molecule is CC(C)(C#N)CCn1cc(CN)c2ccc(Cl)cc21. The van der Waals surface area contributed by atoms with Crippen molar-refractivity contribution in [1.29, 1.82) is 5.26 Å². The topological polar surface area (TPSA) is 54.7 Å². The highest BCUT2D eigenvalue weighted by molar-refractivity contribution is 6.31. The Morgan fingerprint density at radius 2 is 2.16 bits per heavy atom. The van der Waals surface area contributed by atoms with Crippen LogP contribution in [0.3, 0.4) is 0 Å². The first-order valence-corrected chi connectivity index (χ1v) is 6.73. The fraction of sp³-hybridized carbons (Fsp3) is 0.400. The van der Waals surface area contributed by atoms with E-state index in [2.05, 4.69) is 16.8 Å². The first-order valence-electron chi connectivity index (χ1n) is 6.35. The zero-order valence-corrected chi connectivity index (χ0v) is 12.0. The van der Waals surface area contributed by atoms with E-state index in [9.17, 15) is 0 Å². The largest absolute Gasteiger partial charge is 0.347 e. The summed E-state index contributed by atoms with van der Waals surface area (Å²) in [5, 5.41) is 10.9. The number of hydrogen-bond acceptors (Lipinski definition) is 2. The second-order valence-electron chi connectivity index (χ2n) is 5.46. The number of fused-ring (bicyclic) bond motifs is 1. The maximum absolute atomic E-state index is 9.08. The maximum Gasteiger partial charge on any atom is 0.0684 e. The standard InChI is InChI=1S/C15H18ClN3/c1-15(2,10-18)5-6-19-9-11(8-17)13-4-3-12(16)7-14(13)19/h3-4,7,9H,5-6,8,17H2,1-2H3. The lowest BCUT2D eigenvalue weighted by Crippen LogP contribution is -2.12. The van der Waals surface area contributed by atoms with Crippen LogP contribution in [0.25, 0.3) is 10.9 Å². The van der Waals surface area contributed by atoms with Gasteiger partial charge >= 0.3 is 0 Å². The van der Waals surface area contributed by atoms with Crippen molar-refractivity contribution in [3.05, 3.63) is 35.0 Å². The minimum Gasteiger partial charge on any atom is -0.347 e. The van der Waals surface area contributed by atoms with Crippen LogP contribution in [0.15, 0.2) is 24.4 Å². The maximum atomic E-state index is 9.08. The van der Waals surface area contributed by atoms with Crippen LogP contribution < -0.4 is 5.73 Å². The molecule has 0 spiro atoms. The van der Waals surface area contributed by atoms with Gasteiger partial charge in [-0.25, -0.2) is 0 Å². The predicted octanol–water partition coefficient (Wildman–Crippen LogP) is 3.69. The Morgan fingerprint density at radius 3 is 2.79 bits per heavy atom. The summed E-state index contributed by atoms with van der Waals surface area (Å²) < 4.78 is 2.14. The molecule has 2 aromatic rings. The molecule has 2 N–H and O–H groups in total. The monoisotopic (exact) mass is 275 g/mol. The van der Waals surface area contributed by atoms with Crippen LogP contribution >= 0.6 is 11.6 Å². The number of halogens is 1. The molecule has 0 atom stereocenters. The molecule has 0 amide bonds. The van der Waals surface area contributed by atoms with Crippen LogP contribution in [-0.4, -0.2) is 4.57 Å². The van der Waals surface area contributed by atoms with Gasteiger partial charge in [-0.05, 0) is 38.0 Å². The summed E-state index contributed by atoms with van der Waals surface area (Å²) in [5.74, 6) is 0. The third-order valence-electron chi connectivity index (χ3n) is 3.43. The van der Waals surface area contributed by atoms with Crippen LogP contribution in [0.1, 0.15) is 25.8 Å². The van der Waals surface area contributed by atoms with Crippen LogP contribution in [-0.2, 0) is 13.1 Å². The Labute approximate surface area is 118 Å². The Balaban J connectivity index is 2.38. The van der Waals surface area contributed by atoms with Crippen molar-refractivity contribution in [2.45, 2.75) is 33.4 Å². The highest BCUT2D eigenvalue weighted by Crippen LogP contribution is 2.27. The van der Waals surface area contributed by atoms with Crippen LogP contribution in [0.2, 0.25) is 5.02 Å². The molecule has 0 saturated carbocycles. The second kappa shape index (κ2) is 5.24. The lowest BCUT2D eigenvalue weighted by Gasteiger charge is -2.15. The summed E-state index contributed by atoms with van der Waals surface area (Å²) in [7, 11) is 0. The average molecular weight is 276 g/mol. The normalized spacial score (nSPS) is 11.7. The molecule has 100 valence electrons. The fourth-order valence-electron chi connectivity index (χ4n) is 2.14. The van der Waals surface area contributed by atoms with Gasteiger partial charge in [0.05, 0.1) is 11.5 Å². The van der Waals surface area contributed by atoms with E-state index in [4.69, 9.17) is 22.6 Å². The van der Waals surface area contributed by atoms with Crippen molar-refractivity contribution in [3.63, 3.8) is 0 Å². The van der Waals surface area contributed by atoms with Crippen LogP contribution in [0.5, 0.6) is 0 Å². The van der Waals surface area contributed by atoms with E-state index in [1.165, 1.54) is 0 Å². The van der Waals surface area contributed by atoms with Gasteiger partial charge in [0.2, 0.25) is 0 Å². The zero-order chi connectivity index (χ0) is 14.0. The van der Waals surface area contributed by atoms with Crippen molar-refractivity contribution in [3.8, 4) is 6.07 Å². The number of benzene rings is 1. The van der Waals surface area contributed by atoms with Crippen LogP contribution in [0.4, 0.5) is 0 Å². The highest BCUT2D eigenvalue weighted by Gasteiger charge is 2.17. The predicted molar refractivity (Wildman–Crippen MR) is 78.9 cm³/mol. The van der Waals surface area contributed by atoms with Crippen LogP contribution in [0, 0.1) is 16.7 Å². The van der Waals surface area contributed by atoms with Gasteiger partial charge in [0.1, 0.15) is 0 Å². The zero-order valence-electron chi connectivity index (χ0n) is 11.3. The molecule has 0 fully saturated rings. The first kappa shape index (κ1) is 13.9. The number of nitriles is 1. The van der Waals surface area contributed by atoms with Gasteiger partial charge in [-0.2, -0.15) is 5.26 Å². The minimum atomic E-state index is -0.321. The third kappa shape index (κ3) is 2.91. The van der Waals surface area contributed by atoms with Crippen molar-refractivity contribution in [1.82, 2.24) is 4.57 Å². The average Bonchev–Trinajstić information content (AvgIpc) is 2.74. The van der Waals surface area contributed by atoms with Gasteiger partial charge in [0.15, 0.2) is 0 Å². The molecule has 4 heteroatoms. The summed E-state index contributed by atoms with van der Waals surface area (Å²) in [6, 6.07) is 8.17. The number of aryl methyl sites for hydroxylation is 1. The van der Waals surface area contributed by atoms with Crippen molar-refractivity contribution < 1.29 is 0 Å². The summed E-state index contributed by atoms with van der Waals surface area (Å²) >= 11 is 6.06. The minimum absolute atomic E-state index is 0.321. The molecule has 1 aromatic carbocycles. The van der Waals surface area contributed by atoms with Crippen molar-refractivity contribution in [2.75, 3.05) is 0 Å². The molecule has 19 heavy (non-hydrogen) atoms. The fourth-order valence-corrected chi connectivity index (χ4v) is 2.31. The third-order valence-corrected chi connectivity index (χ3v) is 3.66. The van der Waals surface area contributed by atoms with Gasteiger partial charge < -0.3 is 10.3 Å². The number of nitrogens with two attached hydrogens (primary N) is 1. The molecule has 1 heterocycles. The molecule has 2 rings (SSSR count). The molecule has 0 aliphatic rings. The van der Waals surface area contributed by atoms with E-state index in [1.54, 1.807) is 0 Å². The van der Waals surface area contributed by atoms with Gasteiger partial charge in [0, 0.05) is 35.2 Å². The molecule has 3 nitrogen and oxygen atoms in total. The van der Waals surface area contributed by atoms with Crippen molar-refractivity contribution in [2.24, 2.45) is 11.1 Å². The summed E-state index contributed by atoms with van der Waals surface area (Å²) in [6.07, 6.45) is 2.86. The molecule has 0 radical (unpaired) electrons. The molecule has 1 aromatic heterocycles. The smallest absolute Gasteiger partial charge is 0.0684 e. The Hall–Kier alpha value is -1.50. The summed E-state index contributed by atoms with van der Waals surface area (Å²) in [5.41, 5.74) is 7.65. The quantitative estimate of drug-likeness (QED) is 0.925. The highest BCUT2D eigenvalue weighted by atomic mass is 35.5. The van der Waals surface area contributed by atoms with Gasteiger partial charge in [0.25, 0.3) is 0 Å². The summed E-state index contributed by atoms with van der Waals surface area (Å²) in [4.78, 5) is 0. The molecule has 0 unspecified atom stereocenters. The Kier molecular flexibility index (Phi) is 3.84. The molecule has 0 aliphatic heterocycles. The van der Waals surface area contributed by atoms with E-state index in [0.717, 1.165) is 34.5 Å². The van der Waals surface area contributed by atoms with E-state index in [-0.39, 0.29) is 5.41 Å². The Morgan fingerprint density at radius 1 is 1.42 bits per heavy atom. The van der Waals surface area contributed by atoms with E-state index >= 15 is 0 Å². The number of nitrogens with zero attached hydrogens (tertiary/aromatic N) is 2. The first-order chi connectivity index (χ1) is 8.96. The molecular formula is C15H18ClN3.